The molecule has 0 aliphatic carbocycles. The molecule has 0 bridgehead atoms. The Balaban J connectivity index is 0.00000481. The maximum Gasteiger partial charge on any atom is 0.343 e. The van der Waals surface area contributed by atoms with Crippen molar-refractivity contribution in [2.75, 3.05) is 33.5 Å². The highest BCUT2D eigenvalue weighted by molar-refractivity contribution is 7.59. The lowest BCUT2D eigenvalue weighted by molar-refractivity contribution is 0.0522. The monoisotopic (exact) mass is 554 g/mol. The Morgan fingerprint density at radius 1 is 1.16 bits per heavy atom. The van der Waals surface area contributed by atoms with Crippen LogP contribution in [0.4, 0.5) is 0 Å². The third-order valence-corrected chi connectivity index (χ3v) is 6.45. The van der Waals surface area contributed by atoms with E-state index in [1.54, 1.807) is 20.2 Å². The number of carbonyl (C=O) groups is 1. The van der Waals surface area contributed by atoms with Crippen LogP contribution >= 0.6 is 25.1 Å². The number of ether oxygens (including phenoxy) is 4. The molecule has 3 rings (SSSR count). The van der Waals surface area contributed by atoms with Gasteiger partial charge in [0, 0.05) is 32.4 Å². The molecule has 0 saturated heterocycles. The minimum atomic E-state index is -0.664. The van der Waals surface area contributed by atoms with Gasteiger partial charge in [-0.25, -0.2) is 9.78 Å². The normalized spacial score (nSPS) is 14.3. The molecule has 8 nitrogen and oxygen atoms in total. The van der Waals surface area contributed by atoms with Gasteiger partial charge in [-0.1, -0.05) is 45.7 Å². The van der Waals surface area contributed by atoms with Gasteiger partial charge >= 0.3 is 5.97 Å². The van der Waals surface area contributed by atoms with Gasteiger partial charge in [-0.15, -0.1) is 0 Å². The molecule has 0 fully saturated rings. The topological polar surface area (TPSA) is 88.9 Å². The first-order valence-corrected chi connectivity index (χ1v) is 12.9. The molecule has 0 radical (unpaired) electrons. The lowest BCUT2D eigenvalue weighted by Gasteiger charge is -2.39. The molecule has 206 valence electrons. The van der Waals surface area contributed by atoms with E-state index in [4.69, 9.17) is 30.5 Å². The van der Waals surface area contributed by atoms with Crippen molar-refractivity contribution in [2.45, 2.75) is 66.3 Å². The van der Waals surface area contributed by atoms with Crippen LogP contribution in [0, 0.1) is 5.41 Å². The van der Waals surface area contributed by atoms with E-state index >= 15 is 0 Å². The number of aromatic nitrogens is 2. The van der Waals surface area contributed by atoms with Gasteiger partial charge in [0.1, 0.15) is 11.3 Å². The van der Waals surface area contributed by atoms with E-state index in [2.05, 4.69) is 25.8 Å². The van der Waals surface area contributed by atoms with Crippen LogP contribution in [0.2, 0.25) is 5.15 Å². The summed E-state index contributed by atoms with van der Waals surface area (Å²) in [5.74, 6) is -0.0736. The third-order valence-electron chi connectivity index (χ3n) is 6.18. The largest absolute Gasteiger partial charge is 0.490 e. The van der Waals surface area contributed by atoms with Crippen molar-refractivity contribution in [2.24, 2.45) is 5.41 Å². The average molecular weight is 555 g/mol. The highest BCUT2D eigenvalue weighted by Gasteiger charge is 2.37. The summed E-state index contributed by atoms with van der Waals surface area (Å²) in [7, 11) is 1.65. The van der Waals surface area contributed by atoms with Gasteiger partial charge in [0.05, 0.1) is 25.5 Å². The molecule has 2 aromatic heterocycles. The Bertz CT molecular complexity index is 1150. The molecule has 0 aromatic carbocycles. The number of unbranched alkanes of at least 4 members (excludes halogenated alkanes) is 1. The van der Waals surface area contributed by atoms with Crippen LogP contribution < -0.4 is 14.9 Å². The highest BCUT2D eigenvalue weighted by atomic mass is 35.5. The van der Waals surface area contributed by atoms with E-state index in [0.717, 1.165) is 24.8 Å². The Labute approximate surface area is 231 Å². The number of hydrogen-bond donors (Lipinski definition) is 0. The van der Waals surface area contributed by atoms with Crippen molar-refractivity contribution in [3.05, 3.63) is 38.8 Å². The molecule has 2 aromatic rings. The first-order chi connectivity index (χ1) is 17.1. The van der Waals surface area contributed by atoms with Gasteiger partial charge in [0.15, 0.2) is 16.7 Å². The number of esters is 1. The fourth-order valence-corrected chi connectivity index (χ4v) is 4.47. The SMILES string of the molecule is CCCCOc1c2n(cc(C(=O)OCC)c1=O)[C@H](C(C)(C)C)Cc1cc(OCCCOC)c(Cl)nc1-2.S. The van der Waals surface area contributed by atoms with E-state index in [0.29, 0.717) is 43.4 Å². The number of halogens is 1. The number of pyridine rings is 2. The third kappa shape index (κ3) is 7.00. The van der Waals surface area contributed by atoms with E-state index in [1.807, 2.05) is 17.6 Å². The highest BCUT2D eigenvalue weighted by Crippen LogP contribution is 2.46. The van der Waals surface area contributed by atoms with Crippen LogP contribution in [0.25, 0.3) is 11.4 Å². The van der Waals surface area contributed by atoms with Gasteiger partial charge in [-0.2, -0.15) is 13.5 Å². The molecule has 10 heteroatoms. The summed E-state index contributed by atoms with van der Waals surface area (Å²) in [6.07, 6.45) is 4.59. The molecule has 0 amide bonds. The molecule has 1 atom stereocenters. The number of nitrogens with zero attached hydrogens (tertiary/aromatic N) is 2. The summed E-state index contributed by atoms with van der Waals surface area (Å²) in [6.45, 7) is 11.7. The van der Waals surface area contributed by atoms with E-state index in [-0.39, 0.29) is 48.0 Å². The Kier molecular flexibility index (Phi) is 11.3. The van der Waals surface area contributed by atoms with Crippen LogP contribution in [0.5, 0.6) is 11.5 Å². The van der Waals surface area contributed by atoms with Gasteiger partial charge < -0.3 is 23.5 Å². The summed E-state index contributed by atoms with van der Waals surface area (Å²) in [5.41, 5.74) is 1.22. The van der Waals surface area contributed by atoms with Gasteiger partial charge in [0.2, 0.25) is 5.43 Å². The first-order valence-electron chi connectivity index (χ1n) is 12.5. The molecule has 3 heterocycles. The standard InChI is InChI=1S/C27H37ClN2O6.H2S/c1-7-9-12-36-24-22-21-17(14-19(25(28)29-21)35-13-10-11-33-6)15-20(27(3,4)5)30(22)16-18(23(24)31)26(32)34-8-2;/h14,16,20H,7-13,15H2,1-6H3;1H2/t20-;/m0./s1. The number of hydrogen-bond acceptors (Lipinski definition) is 7. The number of methoxy groups -OCH3 is 1. The quantitative estimate of drug-likeness (QED) is 0.203. The summed E-state index contributed by atoms with van der Waals surface area (Å²) in [4.78, 5) is 30.9. The Hall–Kier alpha value is -2.23. The zero-order chi connectivity index (χ0) is 26.5. The first kappa shape index (κ1) is 31.0. The fraction of sp³-hybridized carbons (Fsp3) is 0.593. The number of fused-ring (bicyclic) bond motifs is 3. The van der Waals surface area contributed by atoms with Gasteiger partial charge in [-0.3, -0.25) is 4.79 Å². The lowest BCUT2D eigenvalue weighted by atomic mass is 9.79. The lowest BCUT2D eigenvalue weighted by Crippen LogP contribution is -2.34. The van der Waals surface area contributed by atoms with Crippen LogP contribution in [0.15, 0.2) is 17.1 Å². The van der Waals surface area contributed by atoms with Gasteiger partial charge in [0.25, 0.3) is 0 Å². The zero-order valence-electron chi connectivity index (χ0n) is 22.6. The maximum absolute atomic E-state index is 13.5. The van der Waals surface area contributed by atoms with Crippen molar-refractivity contribution in [3.8, 4) is 22.9 Å². The number of carbonyl (C=O) groups excluding carboxylic acids is 1. The molecule has 0 saturated carbocycles. The number of rotatable bonds is 11. The molecule has 0 N–H and O–H groups in total. The van der Waals surface area contributed by atoms with Gasteiger partial charge in [-0.05, 0) is 36.8 Å². The molecule has 1 aliphatic heterocycles. The van der Waals surface area contributed by atoms with Crippen LogP contribution in [0.1, 0.15) is 75.8 Å². The molecule has 37 heavy (non-hydrogen) atoms. The van der Waals surface area contributed by atoms with Crippen LogP contribution in [-0.2, 0) is 15.9 Å². The molecular formula is C27H39ClN2O6S. The summed E-state index contributed by atoms with van der Waals surface area (Å²) >= 11 is 6.54. The second-order valence-electron chi connectivity index (χ2n) is 9.95. The maximum atomic E-state index is 13.5. The minimum absolute atomic E-state index is 0. The van der Waals surface area contributed by atoms with E-state index < -0.39 is 11.4 Å². The van der Waals surface area contributed by atoms with Crippen molar-refractivity contribution in [1.29, 1.82) is 0 Å². The summed E-state index contributed by atoms with van der Waals surface area (Å²) in [5, 5.41) is 0.202. The Morgan fingerprint density at radius 2 is 1.86 bits per heavy atom. The van der Waals surface area contributed by atoms with E-state index in [9.17, 15) is 9.59 Å². The van der Waals surface area contributed by atoms with Crippen molar-refractivity contribution in [1.82, 2.24) is 9.55 Å². The molecule has 1 aliphatic rings. The fourth-order valence-electron chi connectivity index (χ4n) is 4.28. The second-order valence-corrected chi connectivity index (χ2v) is 10.3. The molecule has 0 unspecified atom stereocenters. The second kappa shape index (κ2) is 13.5. The molecular weight excluding hydrogens is 516 g/mol. The smallest absolute Gasteiger partial charge is 0.343 e. The van der Waals surface area contributed by atoms with Crippen molar-refractivity contribution < 1.29 is 23.7 Å². The van der Waals surface area contributed by atoms with Crippen molar-refractivity contribution >= 4 is 31.1 Å². The van der Waals surface area contributed by atoms with Crippen LogP contribution in [0.3, 0.4) is 0 Å². The zero-order valence-corrected chi connectivity index (χ0v) is 24.4. The van der Waals surface area contributed by atoms with Crippen LogP contribution in [-0.4, -0.2) is 49.1 Å². The Morgan fingerprint density at radius 3 is 2.49 bits per heavy atom. The van der Waals surface area contributed by atoms with Crippen molar-refractivity contribution in [3.63, 3.8) is 0 Å². The van der Waals surface area contributed by atoms with E-state index in [1.165, 1.54) is 0 Å². The predicted molar refractivity (Wildman–Crippen MR) is 150 cm³/mol. The summed E-state index contributed by atoms with van der Waals surface area (Å²) in [6, 6.07) is 1.81. The minimum Gasteiger partial charge on any atom is -0.490 e. The predicted octanol–water partition coefficient (Wildman–Crippen LogP) is 5.59. The summed E-state index contributed by atoms with van der Waals surface area (Å²) < 4.78 is 24.2. The molecule has 0 spiro atoms. The average Bonchev–Trinajstić information content (AvgIpc) is 2.82.